The van der Waals surface area contributed by atoms with Crippen molar-refractivity contribution in [2.75, 3.05) is 17.7 Å². The Morgan fingerprint density at radius 1 is 1.11 bits per heavy atom. The summed E-state index contributed by atoms with van der Waals surface area (Å²) in [4.78, 5) is 16.2. The first kappa shape index (κ1) is 13.1. The van der Waals surface area contributed by atoms with Crippen molar-refractivity contribution in [1.82, 2.24) is 4.98 Å². The molecule has 0 fully saturated rings. The van der Waals surface area contributed by atoms with Gasteiger partial charge >= 0.3 is 0 Å². The average Bonchev–Trinajstić information content (AvgIpc) is 2.37. The second-order valence-electron chi connectivity index (χ2n) is 4.51. The molecule has 0 saturated heterocycles. The standard InChI is InChI=1S/C15H17N3O/c1-10-6-11(2)8-13(7-10)18-15(19)12-4-5-17-14(9-12)16-3/h4-9H,1-3H3,(H,16,17)(H,18,19). The molecule has 4 heteroatoms. The Morgan fingerprint density at radius 2 is 1.79 bits per heavy atom. The summed E-state index contributed by atoms with van der Waals surface area (Å²) < 4.78 is 0. The van der Waals surface area contributed by atoms with Gasteiger partial charge < -0.3 is 10.6 Å². The van der Waals surface area contributed by atoms with Crippen molar-refractivity contribution in [3.63, 3.8) is 0 Å². The quantitative estimate of drug-likeness (QED) is 0.886. The van der Waals surface area contributed by atoms with Crippen molar-refractivity contribution in [2.24, 2.45) is 0 Å². The Hall–Kier alpha value is -2.36. The number of carbonyl (C=O) groups is 1. The van der Waals surface area contributed by atoms with E-state index in [1.807, 2.05) is 26.0 Å². The van der Waals surface area contributed by atoms with Crippen LogP contribution in [0.1, 0.15) is 21.5 Å². The Morgan fingerprint density at radius 3 is 2.42 bits per heavy atom. The van der Waals surface area contributed by atoms with E-state index in [0.717, 1.165) is 16.8 Å². The first-order valence-electron chi connectivity index (χ1n) is 6.12. The van der Waals surface area contributed by atoms with E-state index in [9.17, 15) is 4.79 Å². The molecule has 0 aliphatic carbocycles. The lowest BCUT2D eigenvalue weighted by atomic mass is 10.1. The van der Waals surface area contributed by atoms with Crippen LogP contribution in [0.15, 0.2) is 36.5 Å². The van der Waals surface area contributed by atoms with E-state index in [2.05, 4.69) is 21.7 Å². The molecule has 2 N–H and O–H groups in total. The summed E-state index contributed by atoms with van der Waals surface area (Å²) in [6.07, 6.45) is 1.61. The molecule has 98 valence electrons. The maximum atomic E-state index is 12.1. The van der Waals surface area contributed by atoms with Crippen LogP contribution in [0.3, 0.4) is 0 Å². The Labute approximate surface area is 112 Å². The summed E-state index contributed by atoms with van der Waals surface area (Å²) in [6, 6.07) is 9.38. The van der Waals surface area contributed by atoms with Crippen LogP contribution >= 0.6 is 0 Å². The highest BCUT2D eigenvalue weighted by atomic mass is 16.1. The third kappa shape index (κ3) is 3.31. The van der Waals surface area contributed by atoms with Gasteiger partial charge in [-0.15, -0.1) is 0 Å². The fourth-order valence-corrected chi connectivity index (χ4v) is 1.96. The summed E-state index contributed by atoms with van der Waals surface area (Å²) in [6.45, 7) is 4.02. The number of benzene rings is 1. The van der Waals surface area contributed by atoms with Gasteiger partial charge in [0.1, 0.15) is 5.82 Å². The zero-order valence-corrected chi connectivity index (χ0v) is 11.3. The summed E-state index contributed by atoms with van der Waals surface area (Å²) in [5.74, 6) is 0.539. The lowest BCUT2D eigenvalue weighted by Crippen LogP contribution is -2.12. The van der Waals surface area contributed by atoms with E-state index in [-0.39, 0.29) is 5.91 Å². The minimum atomic E-state index is -0.135. The summed E-state index contributed by atoms with van der Waals surface area (Å²) in [5, 5.41) is 5.81. The minimum absolute atomic E-state index is 0.135. The molecule has 0 aliphatic heterocycles. The topological polar surface area (TPSA) is 54.0 Å². The SMILES string of the molecule is CNc1cc(C(=O)Nc2cc(C)cc(C)c2)ccn1. The van der Waals surface area contributed by atoms with Crippen molar-refractivity contribution >= 4 is 17.4 Å². The van der Waals surface area contributed by atoms with E-state index in [1.54, 1.807) is 25.4 Å². The summed E-state index contributed by atoms with van der Waals surface area (Å²) in [5.41, 5.74) is 3.64. The van der Waals surface area contributed by atoms with E-state index in [1.165, 1.54) is 0 Å². The molecule has 1 aromatic heterocycles. The molecule has 1 amide bonds. The van der Waals surface area contributed by atoms with Gasteiger partial charge in [-0.1, -0.05) is 6.07 Å². The largest absolute Gasteiger partial charge is 0.373 e. The lowest BCUT2D eigenvalue weighted by Gasteiger charge is -2.08. The zero-order chi connectivity index (χ0) is 13.8. The van der Waals surface area contributed by atoms with Gasteiger partial charge in [-0.2, -0.15) is 0 Å². The molecule has 0 atom stereocenters. The first-order valence-corrected chi connectivity index (χ1v) is 6.12. The van der Waals surface area contributed by atoms with Gasteiger partial charge in [0.05, 0.1) is 0 Å². The average molecular weight is 255 g/mol. The Bertz CT molecular complexity index is 588. The number of pyridine rings is 1. The Balaban J connectivity index is 2.20. The molecule has 1 heterocycles. The van der Waals surface area contributed by atoms with Crippen molar-refractivity contribution in [3.05, 3.63) is 53.2 Å². The van der Waals surface area contributed by atoms with Crippen molar-refractivity contribution in [3.8, 4) is 0 Å². The smallest absolute Gasteiger partial charge is 0.255 e. The fourth-order valence-electron chi connectivity index (χ4n) is 1.96. The highest BCUT2D eigenvalue weighted by Gasteiger charge is 2.07. The van der Waals surface area contributed by atoms with Crippen LogP contribution in [0.5, 0.6) is 0 Å². The molecule has 1 aromatic carbocycles. The van der Waals surface area contributed by atoms with E-state index < -0.39 is 0 Å². The molecule has 19 heavy (non-hydrogen) atoms. The number of carbonyl (C=O) groups excluding carboxylic acids is 1. The third-order valence-electron chi connectivity index (χ3n) is 2.76. The molecule has 2 rings (SSSR count). The van der Waals surface area contributed by atoms with Gasteiger partial charge in [-0.25, -0.2) is 4.98 Å². The summed E-state index contributed by atoms with van der Waals surface area (Å²) in [7, 11) is 1.77. The van der Waals surface area contributed by atoms with Gasteiger partial charge in [0, 0.05) is 24.5 Å². The number of hydrogen-bond donors (Lipinski definition) is 2. The van der Waals surface area contributed by atoms with Crippen LogP contribution in [-0.4, -0.2) is 17.9 Å². The fraction of sp³-hybridized carbons (Fsp3) is 0.200. The number of anilines is 2. The molecular weight excluding hydrogens is 238 g/mol. The van der Waals surface area contributed by atoms with E-state index in [4.69, 9.17) is 0 Å². The molecule has 0 saturated carbocycles. The highest BCUT2D eigenvalue weighted by molar-refractivity contribution is 6.04. The van der Waals surface area contributed by atoms with Crippen molar-refractivity contribution in [2.45, 2.75) is 13.8 Å². The van der Waals surface area contributed by atoms with E-state index in [0.29, 0.717) is 11.4 Å². The molecule has 0 unspecified atom stereocenters. The van der Waals surface area contributed by atoms with Crippen molar-refractivity contribution in [1.29, 1.82) is 0 Å². The number of aryl methyl sites for hydroxylation is 2. The second kappa shape index (κ2) is 5.52. The monoisotopic (exact) mass is 255 g/mol. The van der Waals surface area contributed by atoms with E-state index >= 15 is 0 Å². The van der Waals surface area contributed by atoms with Crippen LogP contribution in [0.2, 0.25) is 0 Å². The normalized spacial score (nSPS) is 10.1. The van der Waals surface area contributed by atoms with Gasteiger partial charge in [-0.05, 0) is 49.2 Å². The van der Waals surface area contributed by atoms with Gasteiger partial charge in [0.2, 0.25) is 0 Å². The van der Waals surface area contributed by atoms with Crippen LogP contribution in [0.4, 0.5) is 11.5 Å². The second-order valence-corrected chi connectivity index (χ2v) is 4.51. The van der Waals surface area contributed by atoms with Crippen LogP contribution in [0.25, 0.3) is 0 Å². The number of nitrogens with zero attached hydrogens (tertiary/aromatic N) is 1. The zero-order valence-electron chi connectivity index (χ0n) is 11.3. The third-order valence-corrected chi connectivity index (χ3v) is 2.76. The molecular formula is C15H17N3O. The van der Waals surface area contributed by atoms with Crippen molar-refractivity contribution < 1.29 is 4.79 Å². The van der Waals surface area contributed by atoms with Crippen LogP contribution in [0, 0.1) is 13.8 Å². The predicted molar refractivity (Wildman–Crippen MR) is 77.7 cm³/mol. The van der Waals surface area contributed by atoms with Gasteiger partial charge in [-0.3, -0.25) is 4.79 Å². The lowest BCUT2D eigenvalue weighted by molar-refractivity contribution is 0.102. The van der Waals surface area contributed by atoms with Crippen LogP contribution in [-0.2, 0) is 0 Å². The number of hydrogen-bond acceptors (Lipinski definition) is 3. The summed E-state index contributed by atoms with van der Waals surface area (Å²) >= 11 is 0. The van der Waals surface area contributed by atoms with Gasteiger partial charge in [0.25, 0.3) is 5.91 Å². The molecule has 0 radical (unpaired) electrons. The molecule has 2 aromatic rings. The molecule has 0 aliphatic rings. The molecule has 0 bridgehead atoms. The number of rotatable bonds is 3. The number of aromatic nitrogens is 1. The molecule has 0 spiro atoms. The maximum Gasteiger partial charge on any atom is 0.255 e. The number of amides is 1. The van der Waals surface area contributed by atoms with Crippen LogP contribution < -0.4 is 10.6 Å². The maximum absolute atomic E-state index is 12.1. The Kier molecular flexibility index (Phi) is 3.80. The number of nitrogens with one attached hydrogen (secondary N) is 2. The predicted octanol–water partition coefficient (Wildman–Crippen LogP) is 2.99. The highest BCUT2D eigenvalue weighted by Crippen LogP contribution is 2.15. The minimum Gasteiger partial charge on any atom is -0.373 e. The first-order chi connectivity index (χ1) is 9.08. The molecule has 4 nitrogen and oxygen atoms in total. The van der Waals surface area contributed by atoms with Gasteiger partial charge in [0.15, 0.2) is 0 Å².